The van der Waals surface area contributed by atoms with Crippen LogP contribution in [0.2, 0.25) is 0 Å². The third-order valence-electron chi connectivity index (χ3n) is 4.71. The Bertz CT molecular complexity index is 1390. The largest absolute Gasteiger partial charge is 0.337 e. The third kappa shape index (κ3) is 3.57. The molecule has 1 amide bonds. The van der Waals surface area contributed by atoms with Crippen LogP contribution >= 0.6 is 11.3 Å². The van der Waals surface area contributed by atoms with Gasteiger partial charge in [0.1, 0.15) is 17.2 Å². The van der Waals surface area contributed by atoms with E-state index in [-0.39, 0.29) is 6.54 Å². The maximum absolute atomic E-state index is 13.8. The minimum atomic E-state index is -0.606. The Kier molecular flexibility index (Phi) is 5.09. The Morgan fingerprint density at radius 1 is 1.07 bits per heavy atom. The molecule has 30 heavy (non-hydrogen) atoms. The molecule has 1 N–H and O–H groups in total. The van der Waals surface area contributed by atoms with Gasteiger partial charge in [0.05, 0.1) is 11.1 Å². The fourth-order valence-corrected chi connectivity index (χ4v) is 4.22. The summed E-state index contributed by atoms with van der Waals surface area (Å²) in [6, 6.07) is 14.7. The molecule has 0 fully saturated rings. The van der Waals surface area contributed by atoms with E-state index in [1.807, 2.05) is 6.92 Å². The molecule has 0 saturated heterocycles. The summed E-state index contributed by atoms with van der Waals surface area (Å²) < 4.78 is 16.1. The highest BCUT2D eigenvalue weighted by atomic mass is 32.1. The summed E-state index contributed by atoms with van der Waals surface area (Å²) in [5.41, 5.74) is 0.155. The number of nitrogens with zero attached hydrogens (tertiary/aromatic N) is 2. The van der Waals surface area contributed by atoms with Crippen LogP contribution in [0.25, 0.3) is 15.9 Å². The van der Waals surface area contributed by atoms with Gasteiger partial charge in [0.15, 0.2) is 0 Å². The number of hydrogen-bond acceptors (Lipinski definition) is 4. The van der Waals surface area contributed by atoms with Gasteiger partial charge in [0, 0.05) is 10.6 Å². The van der Waals surface area contributed by atoms with Crippen LogP contribution in [0.1, 0.15) is 10.4 Å². The van der Waals surface area contributed by atoms with Crippen molar-refractivity contribution in [1.82, 2.24) is 9.13 Å². The van der Waals surface area contributed by atoms with Gasteiger partial charge < -0.3 is 5.32 Å². The molecule has 0 bridgehead atoms. The number of rotatable bonds is 4. The van der Waals surface area contributed by atoms with Crippen molar-refractivity contribution in [2.75, 3.05) is 5.32 Å². The summed E-state index contributed by atoms with van der Waals surface area (Å²) in [6.45, 7) is 3.15. The zero-order valence-corrected chi connectivity index (χ0v) is 17.1. The van der Waals surface area contributed by atoms with Crippen LogP contribution in [0.3, 0.4) is 0 Å². The standard InChI is InChI=1S/C22H18FN3O3S/c1-13-8-9-15(11-18(13)23)24-19(27)12-25-21-17(10-14(2)30-21)20(28)26(22(25)29)16-6-4-3-5-7-16/h3-11H,12H2,1-2H3,(H,24,27). The first-order valence-electron chi connectivity index (χ1n) is 9.22. The number of aromatic nitrogens is 2. The van der Waals surface area contributed by atoms with Gasteiger partial charge in [-0.05, 0) is 49.7 Å². The van der Waals surface area contributed by atoms with Crippen LogP contribution in [-0.2, 0) is 11.3 Å². The second kappa shape index (κ2) is 7.72. The predicted octanol–water partition coefficient (Wildman–Crippen LogP) is 3.61. The Labute approximate surface area is 174 Å². The maximum atomic E-state index is 13.8. The Hall–Kier alpha value is -3.52. The molecule has 2 aromatic carbocycles. The van der Waals surface area contributed by atoms with Gasteiger partial charge in [0.25, 0.3) is 5.56 Å². The summed E-state index contributed by atoms with van der Waals surface area (Å²) in [5, 5.41) is 2.98. The number of aryl methyl sites for hydroxylation is 2. The van der Waals surface area contributed by atoms with Gasteiger partial charge in [-0.2, -0.15) is 0 Å². The lowest BCUT2D eigenvalue weighted by molar-refractivity contribution is -0.116. The number of fused-ring (bicyclic) bond motifs is 1. The molecule has 0 spiro atoms. The fourth-order valence-electron chi connectivity index (χ4n) is 3.23. The highest BCUT2D eigenvalue weighted by Gasteiger charge is 2.18. The monoisotopic (exact) mass is 423 g/mol. The van der Waals surface area contributed by atoms with Crippen molar-refractivity contribution in [3.63, 3.8) is 0 Å². The average molecular weight is 423 g/mol. The average Bonchev–Trinajstić information content (AvgIpc) is 3.11. The summed E-state index contributed by atoms with van der Waals surface area (Å²) in [4.78, 5) is 40.1. The van der Waals surface area contributed by atoms with Gasteiger partial charge in [0.2, 0.25) is 5.91 Å². The van der Waals surface area contributed by atoms with Gasteiger partial charge >= 0.3 is 5.69 Å². The zero-order valence-electron chi connectivity index (χ0n) is 16.3. The number of anilines is 1. The van der Waals surface area contributed by atoms with Crippen LogP contribution < -0.4 is 16.6 Å². The first kappa shape index (κ1) is 19.8. The lowest BCUT2D eigenvalue weighted by Gasteiger charge is -2.12. The van der Waals surface area contributed by atoms with E-state index in [0.29, 0.717) is 27.2 Å². The predicted molar refractivity (Wildman–Crippen MR) is 116 cm³/mol. The Morgan fingerprint density at radius 3 is 2.50 bits per heavy atom. The molecule has 2 heterocycles. The molecule has 0 aliphatic carbocycles. The number of para-hydroxylation sites is 1. The molecule has 4 aromatic rings. The van der Waals surface area contributed by atoms with Crippen molar-refractivity contribution < 1.29 is 9.18 Å². The van der Waals surface area contributed by atoms with E-state index >= 15 is 0 Å². The topological polar surface area (TPSA) is 73.1 Å². The van der Waals surface area contributed by atoms with E-state index in [2.05, 4.69) is 5.32 Å². The first-order chi connectivity index (χ1) is 14.3. The minimum Gasteiger partial charge on any atom is -0.324 e. The van der Waals surface area contributed by atoms with Crippen LogP contribution in [-0.4, -0.2) is 15.0 Å². The first-order valence-corrected chi connectivity index (χ1v) is 10.0. The molecule has 8 heteroatoms. The van der Waals surface area contributed by atoms with E-state index in [0.717, 1.165) is 9.44 Å². The highest BCUT2D eigenvalue weighted by Crippen LogP contribution is 2.22. The summed E-state index contributed by atoms with van der Waals surface area (Å²) in [5.74, 6) is -0.926. The summed E-state index contributed by atoms with van der Waals surface area (Å²) >= 11 is 1.27. The molecule has 4 rings (SSSR count). The fraction of sp³-hybridized carbons (Fsp3) is 0.136. The summed E-state index contributed by atoms with van der Waals surface area (Å²) in [7, 11) is 0. The molecular weight excluding hydrogens is 405 g/mol. The number of carbonyl (C=O) groups excluding carboxylic acids is 1. The molecule has 0 radical (unpaired) electrons. The second-order valence-electron chi connectivity index (χ2n) is 6.93. The van der Waals surface area contributed by atoms with Gasteiger partial charge in [-0.15, -0.1) is 11.3 Å². The molecule has 6 nitrogen and oxygen atoms in total. The number of amides is 1. The Balaban J connectivity index is 1.80. The normalized spacial score (nSPS) is 11.0. The van der Waals surface area contributed by atoms with Gasteiger partial charge in [-0.25, -0.2) is 13.8 Å². The van der Waals surface area contributed by atoms with E-state index < -0.39 is 23.0 Å². The van der Waals surface area contributed by atoms with Crippen LogP contribution in [0, 0.1) is 19.7 Å². The van der Waals surface area contributed by atoms with E-state index in [1.54, 1.807) is 55.5 Å². The van der Waals surface area contributed by atoms with E-state index in [4.69, 9.17) is 0 Å². The lowest BCUT2D eigenvalue weighted by Crippen LogP contribution is -2.40. The SMILES string of the molecule is Cc1cc2c(=O)n(-c3ccccc3)c(=O)n(CC(=O)Nc3ccc(C)c(F)c3)c2s1. The van der Waals surface area contributed by atoms with Crippen LogP contribution in [0.15, 0.2) is 64.2 Å². The second-order valence-corrected chi connectivity index (χ2v) is 8.17. The highest BCUT2D eigenvalue weighted by molar-refractivity contribution is 7.18. The lowest BCUT2D eigenvalue weighted by atomic mass is 10.2. The molecule has 2 aromatic heterocycles. The van der Waals surface area contributed by atoms with Crippen molar-refractivity contribution in [3.8, 4) is 5.69 Å². The quantitative estimate of drug-likeness (QED) is 0.545. The van der Waals surface area contributed by atoms with Gasteiger partial charge in [-0.1, -0.05) is 24.3 Å². The van der Waals surface area contributed by atoms with Crippen LogP contribution in [0.4, 0.5) is 10.1 Å². The van der Waals surface area contributed by atoms with Crippen molar-refractivity contribution in [3.05, 3.63) is 91.7 Å². The maximum Gasteiger partial charge on any atom is 0.337 e. The third-order valence-corrected chi connectivity index (χ3v) is 5.78. The number of halogens is 1. The molecule has 152 valence electrons. The smallest absolute Gasteiger partial charge is 0.324 e. The molecule has 0 aliphatic rings. The number of nitrogens with one attached hydrogen (secondary N) is 1. The van der Waals surface area contributed by atoms with Crippen molar-refractivity contribution in [1.29, 1.82) is 0 Å². The van der Waals surface area contributed by atoms with Crippen molar-refractivity contribution >= 4 is 33.1 Å². The van der Waals surface area contributed by atoms with Crippen LogP contribution in [0.5, 0.6) is 0 Å². The number of hydrogen-bond donors (Lipinski definition) is 1. The van der Waals surface area contributed by atoms with Crippen molar-refractivity contribution in [2.24, 2.45) is 0 Å². The molecule has 0 aliphatic heterocycles. The minimum absolute atomic E-state index is 0.297. The molecular formula is C22H18FN3O3S. The summed E-state index contributed by atoms with van der Waals surface area (Å²) in [6.07, 6.45) is 0. The molecule has 0 saturated carbocycles. The Morgan fingerprint density at radius 2 is 1.80 bits per heavy atom. The molecule has 0 unspecified atom stereocenters. The van der Waals surface area contributed by atoms with E-state index in [1.165, 1.54) is 22.0 Å². The number of benzene rings is 2. The molecule has 0 atom stereocenters. The van der Waals surface area contributed by atoms with Crippen molar-refractivity contribution in [2.45, 2.75) is 20.4 Å². The van der Waals surface area contributed by atoms with E-state index in [9.17, 15) is 18.8 Å². The zero-order chi connectivity index (χ0) is 21.4. The number of carbonyl (C=O) groups is 1. The van der Waals surface area contributed by atoms with Gasteiger partial charge in [-0.3, -0.25) is 14.2 Å². The number of thiophene rings is 1.